The third kappa shape index (κ3) is 3.63. The quantitative estimate of drug-likeness (QED) is 0.895. The van der Waals surface area contributed by atoms with E-state index >= 15 is 0 Å². The minimum atomic E-state index is -0.161. The molecule has 24 heavy (non-hydrogen) atoms. The van der Waals surface area contributed by atoms with Crippen molar-refractivity contribution in [2.45, 2.75) is 25.9 Å². The molecule has 2 aromatic rings. The van der Waals surface area contributed by atoms with E-state index in [1.165, 1.54) is 5.56 Å². The van der Waals surface area contributed by atoms with Crippen LogP contribution in [0.5, 0.6) is 0 Å². The van der Waals surface area contributed by atoms with Gasteiger partial charge in [0, 0.05) is 18.0 Å². The molecule has 2 amide bonds. The van der Waals surface area contributed by atoms with Crippen LogP contribution in [0.25, 0.3) is 0 Å². The molecule has 0 spiro atoms. The lowest BCUT2D eigenvalue weighted by atomic mass is 10.1. The zero-order valence-electron chi connectivity index (χ0n) is 13.7. The summed E-state index contributed by atoms with van der Waals surface area (Å²) in [5.41, 5.74) is 2.66. The zero-order valence-corrected chi connectivity index (χ0v) is 13.7. The van der Waals surface area contributed by atoms with Crippen LogP contribution in [0.2, 0.25) is 0 Å². The molecule has 5 nitrogen and oxygen atoms in total. The first-order valence-electron chi connectivity index (χ1n) is 8.21. The molecule has 0 unspecified atom stereocenters. The fourth-order valence-corrected chi connectivity index (χ4v) is 3.04. The van der Waals surface area contributed by atoms with Crippen LogP contribution in [0.15, 0.2) is 54.6 Å². The van der Waals surface area contributed by atoms with Gasteiger partial charge in [-0.1, -0.05) is 42.5 Å². The zero-order chi connectivity index (χ0) is 16.9. The van der Waals surface area contributed by atoms with Crippen molar-refractivity contribution < 1.29 is 14.9 Å². The van der Waals surface area contributed by atoms with Crippen LogP contribution in [-0.4, -0.2) is 24.4 Å². The Bertz CT molecular complexity index is 730. The van der Waals surface area contributed by atoms with Gasteiger partial charge in [0.25, 0.3) is 5.91 Å². The number of carbonyl (C=O) groups is 2. The molecule has 0 saturated carbocycles. The van der Waals surface area contributed by atoms with Crippen LogP contribution < -0.4 is 15.5 Å². The summed E-state index contributed by atoms with van der Waals surface area (Å²) < 4.78 is 0. The molecule has 3 N–H and O–H groups in total. The third-order valence-corrected chi connectivity index (χ3v) is 4.17. The van der Waals surface area contributed by atoms with Crippen molar-refractivity contribution in [2.24, 2.45) is 0 Å². The maximum absolute atomic E-state index is 12.8. The average molecular weight is 324 g/mol. The van der Waals surface area contributed by atoms with Crippen molar-refractivity contribution in [1.29, 1.82) is 0 Å². The number of benzene rings is 2. The first kappa shape index (κ1) is 16.2. The van der Waals surface area contributed by atoms with Gasteiger partial charge >= 0.3 is 0 Å². The van der Waals surface area contributed by atoms with Crippen molar-refractivity contribution in [1.82, 2.24) is 0 Å². The first-order valence-corrected chi connectivity index (χ1v) is 8.21. The van der Waals surface area contributed by atoms with Gasteiger partial charge in [0.1, 0.15) is 6.54 Å². The molecule has 1 aliphatic rings. The van der Waals surface area contributed by atoms with Gasteiger partial charge in [-0.2, -0.15) is 0 Å². The molecule has 5 heteroatoms. The lowest BCUT2D eigenvalue weighted by Gasteiger charge is -2.27. The highest BCUT2D eigenvalue weighted by atomic mass is 16.2. The van der Waals surface area contributed by atoms with Crippen LogP contribution in [-0.2, 0) is 16.1 Å². The van der Waals surface area contributed by atoms with Crippen LogP contribution in [0, 0.1) is 0 Å². The van der Waals surface area contributed by atoms with Crippen LogP contribution in [0.1, 0.15) is 18.9 Å². The number of nitrogens with two attached hydrogens (primary N) is 1. The third-order valence-electron chi connectivity index (χ3n) is 4.17. The van der Waals surface area contributed by atoms with Gasteiger partial charge in [0.05, 0.1) is 11.4 Å². The largest absolute Gasteiger partial charge is 0.335 e. The highest BCUT2D eigenvalue weighted by Gasteiger charge is 2.29. The van der Waals surface area contributed by atoms with E-state index in [0.717, 1.165) is 12.2 Å². The fraction of sp³-hybridized carbons (Fsp3) is 0.263. The highest BCUT2D eigenvalue weighted by molar-refractivity contribution is 6.04. The number of anilines is 2. The molecule has 1 aliphatic heterocycles. The van der Waals surface area contributed by atoms with E-state index in [1.54, 1.807) is 4.90 Å². The summed E-state index contributed by atoms with van der Waals surface area (Å²) in [5, 5.41) is 4.87. The predicted octanol–water partition coefficient (Wildman–Crippen LogP) is 1.51. The summed E-state index contributed by atoms with van der Waals surface area (Å²) in [6.07, 6.45) is 0.305. The lowest BCUT2D eigenvalue weighted by Crippen LogP contribution is -2.85. The number of hydrogen-bond acceptors (Lipinski definition) is 2. The molecule has 1 atom stereocenters. The number of carbonyl (C=O) groups excluding carboxylic acids is 2. The standard InChI is InChI=1S/C19H21N3O2/c1-14-11-18(23)21-16-9-5-6-10-17(16)22(14)19(24)13-20-12-15-7-3-2-4-8-15/h2-10,14,20H,11-13H2,1H3,(H,21,23)/p+1/t14-/m0/s1. The number of para-hydroxylation sites is 2. The Kier molecular flexibility index (Phi) is 4.91. The summed E-state index contributed by atoms with van der Waals surface area (Å²) >= 11 is 0. The monoisotopic (exact) mass is 324 g/mol. The molecule has 0 radical (unpaired) electrons. The van der Waals surface area contributed by atoms with Crippen molar-refractivity contribution >= 4 is 23.2 Å². The summed E-state index contributed by atoms with van der Waals surface area (Å²) in [6.45, 7) is 3.02. The molecular weight excluding hydrogens is 302 g/mol. The number of rotatable bonds is 4. The highest BCUT2D eigenvalue weighted by Crippen LogP contribution is 2.30. The van der Waals surface area contributed by atoms with Gasteiger partial charge in [0.15, 0.2) is 6.54 Å². The van der Waals surface area contributed by atoms with Gasteiger partial charge in [-0.05, 0) is 19.1 Å². The molecular formula is C19H22N3O2+. The van der Waals surface area contributed by atoms with Crippen molar-refractivity contribution in [3.63, 3.8) is 0 Å². The average Bonchev–Trinajstić information content (AvgIpc) is 2.70. The second-order valence-electron chi connectivity index (χ2n) is 6.06. The fourth-order valence-electron chi connectivity index (χ4n) is 3.04. The number of quaternary nitrogens is 1. The summed E-state index contributed by atoms with van der Waals surface area (Å²) in [4.78, 5) is 26.5. The number of nitrogens with zero attached hydrogens (tertiary/aromatic N) is 1. The Morgan fingerprint density at radius 3 is 2.67 bits per heavy atom. The van der Waals surface area contributed by atoms with Crippen molar-refractivity contribution in [3.05, 3.63) is 60.2 Å². The second kappa shape index (κ2) is 7.27. The minimum Gasteiger partial charge on any atom is -0.335 e. The molecule has 0 aromatic heterocycles. The molecule has 2 aromatic carbocycles. The minimum absolute atomic E-state index is 0.0161. The van der Waals surface area contributed by atoms with Crippen molar-refractivity contribution in [2.75, 3.05) is 16.8 Å². The van der Waals surface area contributed by atoms with Gasteiger partial charge in [-0.25, -0.2) is 0 Å². The Morgan fingerprint density at radius 2 is 1.88 bits per heavy atom. The summed E-state index contributed by atoms with van der Waals surface area (Å²) in [7, 11) is 0. The van der Waals surface area contributed by atoms with E-state index in [1.807, 2.05) is 66.8 Å². The van der Waals surface area contributed by atoms with Crippen LogP contribution >= 0.6 is 0 Å². The number of hydrogen-bond donors (Lipinski definition) is 2. The topological polar surface area (TPSA) is 66.0 Å². The van der Waals surface area contributed by atoms with Crippen LogP contribution in [0.4, 0.5) is 11.4 Å². The van der Waals surface area contributed by atoms with E-state index in [4.69, 9.17) is 0 Å². The molecule has 0 saturated heterocycles. The molecule has 0 aliphatic carbocycles. The molecule has 1 heterocycles. The van der Waals surface area contributed by atoms with Crippen molar-refractivity contribution in [3.8, 4) is 0 Å². The number of amides is 2. The van der Waals surface area contributed by atoms with E-state index in [0.29, 0.717) is 18.7 Å². The Labute approximate surface area is 141 Å². The SMILES string of the molecule is C[C@H]1CC(=O)Nc2ccccc2N1C(=O)C[NH2+]Cc1ccccc1. The first-order chi connectivity index (χ1) is 11.6. The lowest BCUT2D eigenvalue weighted by molar-refractivity contribution is -0.659. The maximum atomic E-state index is 12.8. The van der Waals surface area contributed by atoms with E-state index in [9.17, 15) is 9.59 Å². The molecule has 0 fully saturated rings. The summed E-state index contributed by atoms with van der Waals surface area (Å²) in [5.74, 6) is -0.0408. The van der Waals surface area contributed by atoms with E-state index in [2.05, 4.69) is 5.32 Å². The predicted molar refractivity (Wildman–Crippen MR) is 93.6 cm³/mol. The number of nitrogens with one attached hydrogen (secondary N) is 1. The van der Waals surface area contributed by atoms with Gasteiger partial charge in [-0.3, -0.25) is 9.59 Å². The maximum Gasteiger partial charge on any atom is 0.282 e. The smallest absolute Gasteiger partial charge is 0.282 e. The van der Waals surface area contributed by atoms with E-state index in [-0.39, 0.29) is 17.9 Å². The van der Waals surface area contributed by atoms with Gasteiger partial charge < -0.3 is 15.5 Å². The van der Waals surface area contributed by atoms with E-state index < -0.39 is 0 Å². The number of fused-ring (bicyclic) bond motifs is 1. The molecule has 0 bridgehead atoms. The molecule has 124 valence electrons. The summed E-state index contributed by atoms with van der Waals surface area (Å²) in [6, 6.07) is 17.4. The van der Waals surface area contributed by atoms with Gasteiger partial charge in [-0.15, -0.1) is 0 Å². The molecule has 3 rings (SSSR count). The van der Waals surface area contributed by atoms with Gasteiger partial charge in [0.2, 0.25) is 5.91 Å². The van der Waals surface area contributed by atoms with Crippen LogP contribution in [0.3, 0.4) is 0 Å². The Morgan fingerprint density at radius 1 is 1.17 bits per heavy atom. The Balaban J connectivity index is 1.72. The normalized spacial score (nSPS) is 17.0. The second-order valence-corrected chi connectivity index (χ2v) is 6.06. The Hall–Kier alpha value is -2.66.